The number of thioether (sulfide) groups is 1. The van der Waals surface area contributed by atoms with E-state index in [1.807, 2.05) is 12.3 Å². The zero-order valence-corrected chi connectivity index (χ0v) is 13.4. The Kier molecular flexibility index (Phi) is 4.07. The molecule has 0 aliphatic heterocycles. The maximum absolute atomic E-state index is 12.1. The van der Waals surface area contributed by atoms with Gasteiger partial charge >= 0.3 is 0 Å². The van der Waals surface area contributed by atoms with Crippen LogP contribution in [-0.4, -0.2) is 24.6 Å². The first-order chi connectivity index (χ1) is 10.2. The van der Waals surface area contributed by atoms with Gasteiger partial charge in [-0.2, -0.15) is 0 Å². The average molecular weight is 321 g/mol. The van der Waals surface area contributed by atoms with Gasteiger partial charge in [-0.1, -0.05) is 18.7 Å². The SMILES string of the molecule is CCCc1nc(SCc2cc(=O)n3c(C)csc3n2)n[nH]1. The maximum atomic E-state index is 12.1. The molecule has 0 aromatic carbocycles. The van der Waals surface area contributed by atoms with E-state index < -0.39 is 0 Å². The van der Waals surface area contributed by atoms with Gasteiger partial charge in [0.2, 0.25) is 5.16 Å². The summed E-state index contributed by atoms with van der Waals surface area (Å²) in [4.78, 5) is 21.7. The number of rotatable bonds is 5. The lowest BCUT2D eigenvalue weighted by atomic mass is 10.3. The van der Waals surface area contributed by atoms with Crippen LogP contribution in [0, 0.1) is 6.92 Å². The molecule has 0 bridgehead atoms. The Balaban J connectivity index is 1.77. The van der Waals surface area contributed by atoms with Crippen LogP contribution >= 0.6 is 23.1 Å². The minimum absolute atomic E-state index is 0.0315. The van der Waals surface area contributed by atoms with Crippen LogP contribution in [0.15, 0.2) is 21.4 Å². The van der Waals surface area contributed by atoms with Gasteiger partial charge in [-0.05, 0) is 13.3 Å². The van der Waals surface area contributed by atoms with Gasteiger partial charge in [0.1, 0.15) is 5.82 Å². The standard InChI is InChI=1S/C13H15N5OS2/c1-3-4-10-15-12(17-16-10)20-7-9-5-11(19)18-8(2)6-21-13(18)14-9/h5-6H,3-4,7H2,1-2H3,(H,15,16,17). The van der Waals surface area contributed by atoms with Crippen LogP contribution < -0.4 is 5.56 Å². The summed E-state index contributed by atoms with van der Waals surface area (Å²) in [6.45, 7) is 4.01. The molecule has 0 fully saturated rings. The zero-order valence-electron chi connectivity index (χ0n) is 11.8. The van der Waals surface area contributed by atoms with E-state index in [-0.39, 0.29) is 5.56 Å². The minimum atomic E-state index is -0.0315. The van der Waals surface area contributed by atoms with Crippen LogP contribution in [-0.2, 0) is 12.2 Å². The van der Waals surface area contributed by atoms with Crippen LogP contribution in [0.1, 0.15) is 30.6 Å². The van der Waals surface area contributed by atoms with Crippen molar-refractivity contribution in [2.24, 2.45) is 0 Å². The lowest BCUT2D eigenvalue weighted by Gasteiger charge is -1.99. The molecule has 0 radical (unpaired) electrons. The highest BCUT2D eigenvalue weighted by Crippen LogP contribution is 2.19. The Morgan fingerprint density at radius 1 is 1.43 bits per heavy atom. The van der Waals surface area contributed by atoms with E-state index in [0.29, 0.717) is 10.9 Å². The molecule has 3 heterocycles. The third kappa shape index (κ3) is 3.01. The fourth-order valence-electron chi connectivity index (χ4n) is 2.00. The Labute approximate surface area is 129 Å². The molecule has 0 unspecified atom stereocenters. The Morgan fingerprint density at radius 2 is 2.29 bits per heavy atom. The third-order valence-electron chi connectivity index (χ3n) is 2.98. The second kappa shape index (κ2) is 5.98. The largest absolute Gasteiger partial charge is 0.269 e. The van der Waals surface area contributed by atoms with Crippen molar-refractivity contribution in [3.8, 4) is 0 Å². The average Bonchev–Trinajstić information content (AvgIpc) is 3.04. The van der Waals surface area contributed by atoms with E-state index in [0.717, 1.165) is 35.0 Å². The van der Waals surface area contributed by atoms with Crippen molar-refractivity contribution in [2.45, 2.75) is 37.6 Å². The molecule has 0 saturated carbocycles. The molecular formula is C13H15N5OS2. The number of fused-ring (bicyclic) bond motifs is 1. The molecule has 1 N–H and O–H groups in total. The van der Waals surface area contributed by atoms with Crippen molar-refractivity contribution >= 4 is 28.1 Å². The van der Waals surface area contributed by atoms with E-state index in [2.05, 4.69) is 27.1 Å². The summed E-state index contributed by atoms with van der Waals surface area (Å²) in [7, 11) is 0. The normalized spacial score (nSPS) is 11.3. The zero-order chi connectivity index (χ0) is 14.8. The van der Waals surface area contributed by atoms with Crippen molar-refractivity contribution in [3.63, 3.8) is 0 Å². The minimum Gasteiger partial charge on any atom is -0.269 e. The Hall–Kier alpha value is -1.67. The monoisotopic (exact) mass is 321 g/mol. The van der Waals surface area contributed by atoms with Gasteiger partial charge in [0.05, 0.1) is 5.69 Å². The van der Waals surface area contributed by atoms with Gasteiger partial charge in [0.15, 0.2) is 4.96 Å². The van der Waals surface area contributed by atoms with Crippen LogP contribution in [0.4, 0.5) is 0 Å². The number of hydrogen-bond donors (Lipinski definition) is 1. The molecule has 3 aromatic rings. The molecule has 3 rings (SSSR count). The Bertz CT molecular complexity index is 819. The summed E-state index contributed by atoms with van der Waals surface area (Å²) in [6.07, 6.45) is 1.93. The van der Waals surface area contributed by atoms with Crippen LogP contribution in [0.2, 0.25) is 0 Å². The number of aromatic amines is 1. The molecule has 0 amide bonds. The predicted molar refractivity (Wildman–Crippen MR) is 84.0 cm³/mol. The van der Waals surface area contributed by atoms with Crippen molar-refractivity contribution in [1.29, 1.82) is 0 Å². The summed E-state index contributed by atoms with van der Waals surface area (Å²) in [5.74, 6) is 1.49. The van der Waals surface area contributed by atoms with Crippen LogP contribution in [0.3, 0.4) is 0 Å². The number of nitrogens with zero attached hydrogens (tertiary/aromatic N) is 4. The highest BCUT2D eigenvalue weighted by atomic mass is 32.2. The number of aryl methyl sites for hydroxylation is 2. The highest BCUT2D eigenvalue weighted by molar-refractivity contribution is 7.98. The Morgan fingerprint density at radius 3 is 3.10 bits per heavy atom. The van der Waals surface area contributed by atoms with Gasteiger partial charge in [0, 0.05) is 29.3 Å². The molecule has 0 aliphatic carbocycles. The van der Waals surface area contributed by atoms with Crippen molar-refractivity contribution in [3.05, 3.63) is 39.0 Å². The molecule has 0 atom stereocenters. The quantitative estimate of drug-likeness (QED) is 0.730. The maximum Gasteiger partial charge on any atom is 0.258 e. The molecule has 8 heteroatoms. The van der Waals surface area contributed by atoms with E-state index >= 15 is 0 Å². The molecule has 21 heavy (non-hydrogen) atoms. The van der Waals surface area contributed by atoms with E-state index in [1.54, 1.807) is 10.5 Å². The molecule has 3 aromatic heterocycles. The molecule has 0 spiro atoms. The fourth-order valence-corrected chi connectivity index (χ4v) is 3.60. The van der Waals surface area contributed by atoms with E-state index in [4.69, 9.17) is 0 Å². The number of hydrogen-bond acceptors (Lipinski definition) is 6. The molecular weight excluding hydrogens is 306 g/mol. The summed E-state index contributed by atoms with van der Waals surface area (Å²) in [5.41, 5.74) is 1.65. The summed E-state index contributed by atoms with van der Waals surface area (Å²) in [5, 5.41) is 9.71. The lowest BCUT2D eigenvalue weighted by Crippen LogP contribution is -2.14. The van der Waals surface area contributed by atoms with Crippen LogP contribution in [0.5, 0.6) is 0 Å². The molecule has 0 aliphatic rings. The highest BCUT2D eigenvalue weighted by Gasteiger charge is 2.08. The number of aromatic nitrogens is 5. The molecule has 110 valence electrons. The fraction of sp³-hybridized carbons (Fsp3) is 0.385. The lowest BCUT2D eigenvalue weighted by molar-refractivity contribution is 0.840. The topological polar surface area (TPSA) is 75.9 Å². The number of H-pyrrole nitrogens is 1. The van der Waals surface area contributed by atoms with E-state index in [1.165, 1.54) is 23.1 Å². The summed E-state index contributed by atoms with van der Waals surface area (Å²) in [6, 6.07) is 1.58. The van der Waals surface area contributed by atoms with Crippen molar-refractivity contribution < 1.29 is 0 Å². The third-order valence-corrected chi connectivity index (χ3v) is 4.80. The van der Waals surface area contributed by atoms with Gasteiger partial charge in [-0.3, -0.25) is 14.3 Å². The number of nitrogens with one attached hydrogen (secondary N) is 1. The first-order valence-electron chi connectivity index (χ1n) is 6.68. The van der Waals surface area contributed by atoms with Gasteiger partial charge in [0.25, 0.3) is 5.56 Å². The van der Waals surface area contributed by atoms with Crippen molar-refractivity contribution in [2.75, 3.05) is 0 Å². The second-order valence-electron chi connectivity index (χ2n) is 4.68. The molecule has 6 nitrogen and oxygen atoms in total. The van der Waals surface area contributed by atoms with Crippen molar-refractivity contribution in [1.82, 2.24) is 24.6 Å². The molecule has 0 saturated heterocycles. The van der Waals surface area contributed by atoms with Gasteiger partial charge < -0.3 is 0 Å². The van der Waals surface area contributed by atoms with Gasteiger partial charge in [-0.25, -0.2) is 9.97 Å². The summed E-state index contributed by atoms with van der Waals surface area (Å²) < 4.78 is 1.63. The first-order valence-corrected chi connectivity index (χ1v) is 8.54. The first kappa shape index (κ1) is 14.3. The van der Waals surface area contributed by atoms with Gasteiger partial charge in [-0.15, -0.1) is 16.4 Å². The number of thiazole rings is 1. The predicted octanol–water partition coefficient (Wildman–Crippen LogP) is 2.43. The second-order valence-corrected chi connectivity index (χ2v) is 6.46. The van der Waals surface area contributed by atoms with Crippen LogP contribution in [0.25, 0.3) is 4.96 Å². The summed E-state index contributed by atoms with van der Waals surface area (Å²) >= 11 is 2.96. The van der Waals surface area contributed by atoms with E-state index in [9.17, 15) is 4.79 Å². The smallest absolute Gasteiger partial charge is 0.258 e.